The smallest absolute Gasteiger partial charge is 0.271 e. The number of benzene rings is 1. The average Bonchev–Trinajstić information content (AvgIpc) is 3.26. The van der Waals surface area contributed by atoms with Gasteiger partial charge in [-0.05, 0) is 49.2 Å². The number of ether oxygens (including phenoxy) is 1. The van der Waals surface area contributed by atoms with Gasteiger partial charge in [0.05, 0.1) is 7.11 Å². The molecule has 2 aromatic heterocycles. The van der Waals surface area contributed by atoms with Gasteiger partial charge in [0.25, 0.3) is 11.8 Å². The third kappa shape index (κ3) is 5.98. The summed E-state index contributed by atoms with van der Waals surface area (Å²) >= 11 is 0. The number of aromatic nitrogens is 2. The van der Waals surface area contributed by atoms with Crippen molar-refractivity contribution in [2.45, 2.75) is 20.4 Å². The van der Waals surface area contributed by atoms with Crippen molar-refractivity contribution in [3.63, 3.8) is 0 Å². The van der Waals surface area contributed by atoms with E-state index in [1.165, 1.54) is 25.4 Å². The molecule has 0 aliphatic heterocycles. The zero-order chi connectivity index (χ0) is 24.7. The van der Waals surface area contributed by atoms with Crippen LogP contribution in [0.3, 0.4) is 0 Å². The molecule has 0 unspecified atom stereocenters. The standard InChI is InChI=1S/C26H27FN4O3/c1-5-7-18(12-17(2)3)14-29-26(33)22-8-6-9-24-30-21(16-31(22)24)25(32)28-15-19-10-11-20(27)23(13-19)34-4/h5-13,16H,2,14-15H2,1,3-4H3,(H,28,32)(H,29,33)/b7-5-,18-12+. The highest BCUT2D eigenvalue weighted by atomic mass is 19.1. The molecule has 176 valence electrons. The van der Waals surface area contributed by atoms with Crippen molar-refractivity contribution in [2.24, 2.45) is 0 Å². The Labute approximate surface area is 197 Å². The van der Waals surface area contributed by atoms with Gasteiger partial charge < -0.3 is 15.4 Å². The molecule has 0 spiro atoms. The molecule has 2 amide bonds. The summed E-state index contributed by atoms with van der Waals surface area (Å²) in [4.78, 5) is 29.8. The van der Waals surface area contributed by atoms with Crippen molar-refractivity contribution in [3.05, 3.63) is 101 Å². The lowest BCUT2D eigenvalue weighted by Gasteiger charge is -2.08. The van der Waals surface area contributed by atoms with Crippen molar-refractivity contribution in [1.82, 2.24) is 20.0 Å². The lowest BCUT2D eigenvalue weighted by molar-refractivity contribution is 0.0938. The number of hydrogen-bond acceptors (Lipinski definition) is 4. The van der Waals surface area contributed by atoms with Gasteiger partial charge in [0.15, 0.2) is 11.6 Å². The minimum Gasteiger partial charge on any atom is -0.494 e. The molecule has 3 aromatic rings. The molecule has 7 nitrogen and oxygen atoms in total. The summed E-state index contributed by atoms with van der Waals surface area (Å²) in [6.07, 6.45) is 7.22. The number of hydrogen-bond donors (Lipinski definition) is 2. The second kappa shape index (κ2) is 11.1. The number of nitrogens with zero attached hydrogens (tertiary/aromatic N) is 2. The van der Waals surface area contributed by atoms with E-state index in [0.717, 1.165) is 11.1 Å². The van der Waals surface area contributed by atoms with Gasteiger partial charge in [0.1, 0.15) is 17.0 Å². The normalized spacial score (nSPS) is 11.6. The number of pyridine rings is 1. The van der Waals surface area contributed by atoms with Crippen molar-refractivity contribution in [1.29, 1.82) is 0 Å². The fourth-order valence-electron chi connectivity index (χ4n) is 3.35. The van der Waals surface area contributed by atoms with E-state index in [1.807, 2.05) is 32.1 Å². The Balaban J connectivity index is 1.74. The van der Waals surface area contributed by atoms with Crippen LogP contribution >= 0.6 is 0 Å². The second-order valence-corrected chi connectivity index (χ2v) is 7.67. The highest BCUT2D eigenvalue weighted by molar-refractivity contribution is 5.95. The summed E-state index contributed by atoms with van der Waals surface area (Å²) in [7, 11) is 1.38. The molecule has 0 bridgehead atoms. The van der Waals surface area contributed by atoms with Crippen LogP contribution in [0, 0.1) is 5.82 Å². The fourth-order valence-corrected chi connectivity index (χ4v) is 3.35. The first-order valence-corrected chi connectivity index (χ1v) is 10.7. The average molecular weight is 463 g/mol. The predicted molar refractivity (Wildman–Crippen MR) is 129 cm³/mol. The third-order valence-corrected chi connectivity index (χ3v) is 4.89. The minimum atomic E-state index is -0.475. The van der Waals surface area contributed by atoms with Gasteiger partial charge in [-0.2, -0.15) is 0 Å². The monoisotopic (exact) mass is 462 g/mol. The van der Waals surface area contributed by atoms with Crippen molar-refractivity contribution >= 4 is 17.5 Å². The first-order chi connectivity index (χ1) is 16.3. The Morgan fingerprint density at radius 3 is 2.71 bits per heavy atom. The number of rotatable bonds is 9. The van der Waals surface area contributed by atoms with Crippen LogP contribution < -0.4 is 15.4 Å². The molecule has 2 heterocycles. The molecular formula is C26H27FN4O3. The molecule has 3 rings (SSSR count). The maximum atomic E-state index is 13.6. The number of allylic oxidation sites excluding steroid dienone is 3. The van der Waals surface area contributed by atoms with Crippen LogP contribution in [-0.2, 0) is 6.54 Å². The molecule has 1 aromatic carbocycles. The Kier molecular flexibility index (Phi) is 7.97. The molecule has 0 radical (unpaired) electrons. The van der Waals surface area contributed by atoms with Crippen LogP contribution in [0.4, 0.5) is 4.39 Å². The van der Waals surface area contributed by atoms with Gasteiger partial charge in [0.2, 0.25) is 0 Å². The van der Waals surface area contributed by atoms with Crippen LogP contribution in [0.2, 0.25) is 0 Å². The number of halogens is 1. The van der Waals surface area contributed by atoms with Gasteiger partial charge >= 0.3 is 0 Å². The quantitative estimate of drug-likeness (QED) is 0.467. The Morgan fingerprint density at radius 1 is 1.21 bits per heavy atom. The van der Waals surface area contributed by atoms with E-state index in [4.69, 9.17) is 4.74 Å². The molecule has 0 aliphatic rings. The number of fused-ring (bicyclic) bond motifs is 1. The molecule has 0 aliphatic carbocycles. The molecule has 8 heteroatoms. The van der Waals surface area contributed by atoms with E-state index >= 15 is 0 Å². The summed E-state index contributed by atoms with van der Waals surface area (Å²) in [5.41, 5.74) is 3.45. The number of imidazole rings is 1. The molecule has 0 fully saturated rings. The zero-order valence-corrected chi connectivity index (χ0v) is 19.4. The molecule has 34 heavy (non-hydrogen) atoms. The van der Waals surface area contributed by atoms with Gasteiger partial charge in [-0.15, -0.1) is 0 Å². The Hall–Kier alpha value is -4.20. The summed E-state index contributed by atoms with van der Waals surface area (Å²) in [6.45, 7) is 8.16. The van der Waals surface area contributed by atoms with Crippen LogP contribution in [0.1, 0.15) is 40.4 Å². The van der Waals surface area contributed by atoms with E-state index in [9.17, 15) is 14.0 Å². The maximum Gasteiger partial charge on any atom is 0.271 e. The van der Waals surface area contributed by atoms with Crippen LogP contribution in [0.25, 0.3) is 5.65 Å². The lowest BCUT2D eigenvalue weighted by atomic mass is 10.1. The Morgan fingerprint density at radius 2 is 2.00 bits per heavy atom. The highest BCUT2D eigenvalue weighted by Crippen LogP contribution is 2.18. The number of methoxy groups -OCH3 is 1. The number of amides is 2. The maximum absolute atomic E-state index is 13.6. The SMILES string of the molecule is C=C(C)/C=C(\C=C/C)CNC(=O)c1cccc2nc(C(=O)NCc3ccc(F)c(OC)c3)cn12. The molecular weight excluding hydrogens is 435 g/mol. The van der Waals surface area contributed by atoms with E-state index in [1.54, 1.807) is 28.7 Å². The fraction of sp³-hybridized carbons (Fsp3) is 0.192. The van der Waals surface area contributed by atoms with E-state index < -0.39 is 11.7 Å². The summed E-state index contributed by atoms with van der Waals surface area (Å²) < 4.78 is 20.1. The zero-order valence-electron chi connectivity index (χ0n) is 19.4. The van der Waals surface area contributed by atoms with Gasteiger partial charge in [0, 0.05) is 19.3 Å². The van der Waals surface area contributed by atoms with Crippen LogP contribution in [0.5, 0.6) is 5.75 Å². The van der Waals surface area contributed by atoms with E-state index in [0.29, 0.717) is 23.4 Å². The first kappa shape index (κ1) is 24.4. The molecule has 0 saturated heterocycles. The lowest BCUT2D eigenvalue weighted by Crippen LogP contribution is -2.27. The molecule has 0 saturated carbocycles. The van der Waals surface area contributed by atoms with Crippen LogP contribution in [-0.4, -0.2) is 34.9 Å². The summed E-state index contributed by atoms with van der Waals surface area (Å²) in [5, 5.41) is 5.64. The predicted octanol–water partition coefficient (Wildman–Crippen LogP) is 4.22. The summed E-state index contributed by atoms with van der Waals surface area (Å²) in [6, 6.07) is 9.45. The molecule has 0 atom stereocenters. The number of carbonyl (C=O) groups is 2. The Bertz CT molecular complexity index is 1290. The first-order valence-electron chi connectivity index (χ1n) is 10.7. The minimum absolute atomic E-state index is 0.103. The van der Waals surface area contributed by atoms with Gasteiger partial charge in [-0.1, -0.05) is 42.5 Å². The third-order valence-electron chi connectivity index (χ3n) is 4.89. The van der Waals surface area contributed by atoms with E-state index in [-0.39, 0.29) is 23.9 Å². The topological polar surface area (TPSA) is 84.7 Å². The second-order valence-electron chi connectivity index (χ2n) is 7.67. The van der Waals surface area contributed by atoms with Crippen molar-refractivity contribution in [2.75, 3.05) is 13.7 Å². The molecule has 2 N–H and O–H groups in total. The van der Waals surface area contributed by atoms with Gasteiger partial charge in [-0.25, -0.2) is 9.37 Å². The largest absolute Gasteiger partial charge is 0.494 e. The van der Waals surface area contributed by atoms with E-state index in [2.05, 4.69) is 22.2 Å². The highest BCUT2D eigenvalue weighted by Gasteiger charge is 2.16. The number of carbonyl (C=O) groups excluding carboxylic acids is 2. The van der Waals surface area contributed by atoms with Crippen molar-refractivity contribution in [3.8, 4) is 5.75 Å². The number of nitrogens with one attached hydrogen (secondary N) is 2. The van der Waals surface area contributed by atoms with Crippen LogP contribution in [0.15, 0.2) is 78.5 Å². The van der Waals surface area contributed by atoms with Gasteiger partial charge in [-0.3, -0.25) is 14.0 Å². The summed E-state index contributed by atoms with van der Waals surface area (Å²) in [5.74, 6) is -1.09. The van der Waals surface area contributed by atoms with Crippen molar-refractivity contribution < 1.29 is 18.7 Å².